The number of anilines is 1. The first-order valence-electron chi connectivity index (χ1n) is 12.5. The van der Waals surface area contributed by atoms with Gasteiger partial charge in [0.05, 0.1) is 24.4 Å². The van der Waals surface area contributed by atoms with Gasteiger partial charge in [0, 0.05) is 42.7 Å². The number of amides is 1. The molecule has 0 fully saturated rings. The molecule has 0 saturated heterocycles. The molecular weight excluding hydrogens is 554 g/mol. The Bertz CT molecular complexity index is 1330. The summed E-state index contributed by atoms with van der Waals surface area (Å²) in [5, 5.41) is 2.78. The number of carbonyl (C=O) groups is 3. The molecule has 0 bridgehead atoms. The molecule has 2 aromatic rings. The Morgan fingerprint density at radius 3 is 2.21 bits per heavy atom. The standard InChI is InChI=1S/C29H28BrNO7/c1-35-21-10-4-3-7-18(21)31-25(34)15-37-29-17(30)13-16(14-24(29)36-2)26-27-19(32)8-5-11-22(27)38-23-12-6-9-20(33)28(23)26/h3-4,7,10,13-14,26H,5-6,8-9,11-12,15H2,1-2H3,(H,31,34). The lowest BCUT2D eigenvalue weighted by molar-refractivity contribution is -0.119. The average molecular weight is 582 g/mol. The number of benzene rings is 2. The van der Waals surface area contributed by atoms with Crippen LogP contribution < -0.4 is 19.5 Å². The quantitative estimate of drug-likeness (QED) is 0.453. The van der Waals surface area contributed by atoms with Gasteiger partial charge in [-0.05, 0) is 58.6 Å². The minimum absolute atomic E-state index is 0.00426. The minimum atomic E-state index is -0.526. The van der Waals surface area contributed by atoms with Gasteiger partial charge in [-0.3, -0.25) is 14.4 Å². The number of rotatable bonds is 7. The topological polar surface area (TPSA) is 100 Å². The predicted octanol–water partition coefficient (Wildman–Crippen LogP) is 5.61. The lowest BCUT2D eigenvalue weighted by Gasteiger charge is -2.36. The molecule has 8 nitrogen and oxygen atoms in total. The maximum absolute atomic E-state index is 13.1. The summed E-state index contributed by atoms with van der Waals surface area (Å²) in [6, 6.07) is 10.7. The third-order valence-corrected chi connectivity index (χ3v) is 7.54. The molecule has 1 heterocycles. The fourth-order valence-corrected chi connectivity index (χ4v) is 5.84. The van der Waals surface area contributed by atoms with Crippen molar-refractivity contribution < 1.29 is 33.3 Å². The van der Waals surface area contributed by atoms with Crippen LogP contribution in [-0.4, -0.2) is 38.3 Å². The summed E-state index contributed by atoms with van der Waals surface area (Å²) < 4.78 is 23.4. The van der Waals surface area contributed by atoms with E-state index in [0.717, 1.165) is 18.4 Å². The van der Waals surface area contributed by atoms with E-state index in [9.17, 15) is 14.4 Å². The smallest absolute Gasteiger partial charge is 0.262 e. The predicted molar refractivity (Wildman–Crippen MR) is 143 cm³/mol. The van der Waals surface area contributed by atoms with Crippen molar-refractivity contribution in [1.29, 1.82) is 0 Å². The molecule has 0 unspecified atom stereocenters. The van der Waals surface area contributed by atoms with Gasteiger partial charge in [0.25, 0.3) is 5.91 Å². The van der Waals surface area contributed by atoms with Crippen LogP contribution in [0.2, 0.25) is 0 Å². The lowest BCUT2D eigenvalue weighted by atomic mass is 9.73. The van der Waals surface area contributed by atoms with Gasteiger partial charge in [0.1, 0.15) is 17.3 Å². The molecule has 1 N–H and O–H groups in total. The summed E-state index contributed by atoms with van der Waals surface area (Å²) in [5.41, 5.74) is 2.38. The fourth-order valence-electron chi connectivity index (χ4n) is 5.27. The molecule has 3 aliphatic rings. The molecular formula is C29H28BrNO7. The van der Waals surface area contributed by atoms with Gasteiger partial charge in [-0.2, -0.15) is 0 Å². The number of Topliss-reactive ketones (excluding diaryl/α,β-unsaturated/α-hetero) is 2. The molecule has 198 valence electrons. The summed E-state index contributed by atoms with van der Waals surface area (Å²) in [4.78, 5) is 38.8. The summed E-state index contributed by atoms with van der Waals surface area (Å²) in [6.45, 7) is -0.273. The van der Waals surface area contributed by atoms with Gasteiger partial charge in [-0.15, -0.1) is 0 Å². The van der Waals surface area contributed by atoms with Crippen LogP contribution in [0.1, 0.15) is 50.0 Å². The van der Waals surface area contributed by atoms with E-state index >= 15 is 0 Å². The van der Waals surface area contributed by atoms with Gasteiger partial charge >= 0.3 is 0 Å². The largest absolute Gasteiger partial charge is 0.495 e. The number of ketones is 2. The second-order valence-corrected chi connectivity index (χ2v) is 10.2. The monoisotopic (exact) mass is 581 g/mol. The highest BCUT2D eigenvalue weighted by Crippen LogP contribution is 2.50. The zero-order chi connectivity index (χ0) is 26.8. The lowest BCUT2D eigenvalue weighted by Crippen LogP contribution is -2.30. The van der Waals surface area contributed by atoms with Crippen molar-refractivity contribution >= 4 is 39.1 Å². The Morgan fingerprint density at radius 2 is 1.58 bits per heavy atom. The van der Waals surface area contributed by atoms with Crippen molar-refractivity contribution in [3.63, 3.8) is 0 Å². The molecule has 0 radical (unpaired) electrons. The molecule has 2 aliphatic carbocycles. The van der Waals surface area contributed by atoms with Crippen LogP contribution in [0.15, 0.2) is 63.5 Å². The maximum atomic E-state index is 13.1. The zero-order valence-electron chi connectivity index (χ0n) is 21.2. The number of allylic oxidation sites excluding steroid dienone is 4. The third kappa shape index (κ3) is 4.95. The number of ether oxygens (including phenoxy) is 4. The molecule has 1 aliphatic heterocycles. The highest BCUT2D eigenvalue weighted by molar-refractivity contribution is 9.10. The Labute approximate surface area is 229 Å². The molecule has 2 aromatic carbocycles. The maximum Gasteiger partial charge on any atom is 0.262 e. The van der Waals surface area contributed by atoms with Crippen LogP contribution in [0.3, 0.4) is 0 Å². The van der Waals surface area contributed by atoms with Crippen molar-refractivity contribution in [3.8, 4) is 17.2 Å². The minimum Gasteiger partial charge on any atom is -0.495 e. The van der Waals surface area contributed by atoms with Crippen LogP contribution in [0, 0.1) is 0 Å². The molecule has 38 heavy (non-hydrogen) atoms. The Balaban J connectivity index is 1.45. The first kappa shape index (κ1) is 26.0. The van der Waals surface area contributed by atoms with Crippen molar-refractivity contribution in [3.05, 3.63) is 69.1 Å². The average Bonchev–Trinajstić information content (AvgIpc) is 2.91. The van der Waals surface area contributed by atoms with E-state index in [0.29, 0.717) is 75.8 Å². The first-order valence-corrected chi connectivity index (χ1v) is 13.3. The third-order valence-electron chi connectivity index (χ3n) is 6.95. The number of carbonyl (C=O) groups excluding carboxylic acids is 3. The highest BCUT2D eigenvalue weighted by Gasteiger charge is 2.42. The summed E-state index contributed by atoms with van der Waals surface area (Å²) in [5.74, 6) is 1.70. The van der Waals surface area contributed by atoms with Gasteiger partial charge in [0.2, 0.25) is 0 Å². The van der Waals surface area contributed by atoms with E-state index in [-0.39, 0.29) is 24.1 Å². The van der Waals surface area contributed by atoms with Gasteiger partial charge in [0.15, 0.2) is 29.7 Å². The highest BCUT2D eigenvalue weighted by atomic mass is 79.9. The van der Waals surface area contributed by atoms with E-state index in [1.807, 2.05) is 12.1 Å². The van der Waals surface area contributed by atoms with Crippen LogP contribution >= 0.6 is 15.9 Å². The number of para-hydroxylation sites is 2. The molecule has 5 rings (SSSR count). The van der Waals surface area contributed by atoms with E-state index < -0.39 is 5.92 Å². The zero-order valence-corrected chi connectivity index (χ0v) is 22.8. The number of hydrogen-bond donors (Lipinski definition) is 1. The Hall–Kier alpha value is -3.59. The van der Waals surface area contributed by atoms with Gasteiger partial charge in [-0.25, -0.2) is 0 Å². The first-order chi connectivity index (χ1) is 18.4. The number of nitrogens with one attached hydrogen (secondary N) is 1. The fraction of sp³-hybridized carbons (Fsp3) is 0.345. The van der Waals surface area contributed by atoms with E-state index in [1.54, 1.807) is 24.3 Å². The van der Waals surface area contributed by atoms with Gasteiger partial charge in [-0.1, -0.05) is 12.1 Å². The van der Waals surface area contributed by atoms with E-state index in [1.165, 1.54) is 14.2 Å². The molecule has 0 atom stereocenters. The molecule has 0 spiro atoms. The van der Waals surface area contributed by atoms with Crippen LogP contribution in [0.4, 0.5) is 5.69 Å². The summed E-state index contributed by atoms with van der Waals surface area (Å²) in [7, 11) is 3.04. The Kier molecular flexibility index (Phi) is 7.56. The SMILES string of the molecule is COc1ccccc1NC(=O)COc1c(Br)cc(C2C3=C(CCCC3=O)OC3=C2C(=O)CCC3)cc1OC. The van der Waals surface area contributed by atoms with Crippen molar-refractivity contribution in [2.24, 2.45) is 0 Å². The van der Waals surface area contributed by atoms with Crippen molar-refractivity contribution in [2.45, 2.75) is 44.4 Å². The van der Waals surface area contributed by atoms with E-state index in [2.05, 4.69) is 21.2 Å². The van der Waals surface area contributed by atoms with Crippen LogP contribution in [0.25, 0.3) is 0 Å². The second-order valence-electron chi connectivity index (χ2n) is 9.33. The van der Waals surface area contributed by atoms with Crippen LogP contribution in [-0.2, 0) is 19.1 Å². The molecule has 9 heteroatoms. The molecule has 0 aromatic heterocycles. The number of methoxy groups -OCH3 is 2. The number of hydrogen-bond acceptors (Lipinski definition) is 7. The number of halogens is 1. The second kappa shape index (κ2) is 11.0. The molecule has 0 saturated carbocycles. The van der Waals surface area contributed by atoms with E-state index in [4.69, 9.17) is 18.9 Å². The van der Waals surface area contributed by atoms with Crippen molar-refractivity contribution in [2.75, 3.05) is 26.1 Å². The normalized spacial score (nSPS) is 17.4. The summed E-state index contributed by atoms with van der Waals surface area (Å²) >= 11 is 3.56. The summed E-state index contributed by atoms with van der Waals surface area (Å²) in [6.07, 6.45) is 3.66. The van der Waals surface area contributed by atoms with Crippen molar-refractivity contribution in [1.82, 2.24) is 0 Å². The molecule has 1 amide bonds. The van der Waals surface area contributed by atoms with Crippen LogP contribution in [0.5, 0.6) is 17.2 Å². The Morgan fingerprint density at radius 1 is 0.947 bits per heavy atom. The van der Waals surface area contributed by atoms with Gasteiger partial charge < -0.3 is 24.3 Å².